The van der Waals surface area contributed by atoms with Crippen molar-refractivity contribution in [2.24, 2.45) is 5.92 Å². The van der Waals surface area contributed by atoms with E-state index in [9.17, 15) is 0 Å². The highest BCUT2D eigenvalue weighted by molar-refractivity contribution is 5.30. The maximum atomic E-state index is 9.03. The maximum Gasteiger partial charge on any atom is 0.137 e. The molecule has 1 aliphatic rings. The lowest BCUT2D eigenvalue weighted by Gasteiger charge is -2.06. The zero-order chi connectivity index (χ0) is 11.4. The molecule has 0 bridgehead atoms. The van der Waals surface area contributed by atoms with Crippen molar-refractivity contribution in [3.8, 4) is 5.75 Å². The molecule has 2 rings (SSSR count). The molecule has 0 aliphatic heterocycles. The Labute approximate surface area is 96.5 Å². The third kappa shape index (κ3) is 2.73. The highest BCUT2D eigenvalue weighted by Gasteiger charge is 2.37. The van der Waals surface area contributed by atoms with Crippen LogP contribution in [0.5, 0.6) is 5.75 Å². The molecule has 1 aromatic heterocycles. The fourth-order valence-electron chi connectivity index (χ4n) is 1.91. The number of unbranched alkanes of at least 4 members (excludes halogenated alkanes) is 1. The first kappa shape index (κ1) is 11.4. The van der Waals surface area contributed by atoms with Crippen LogP contribution in [0.3, 0.4) is 0 Å². The van der Waals surface area contributed by atoms with E-state index in [-0.39, 0.29) is 6.61 Å². The van der Waals surface area contributed by atoms with E-state index < -0.39 is 0 Å². The normalized spacial score (nSPS) is 23.1. The predicted molar refractivity (Wildman–Crippen MR) is 62.6 cm³/mol. The number of ether oxygens (including phenoxy) is 1. The Hall–Kier alpha value is -1.09. The smallest absolute Gasteiger partial charge is 0.137 e. The molecule has 1 aliphatic carbocycles. The number of rotatable bonds is 6. The first-order valence-electron chi connectivity index (χ1n) is 6.03. The average molecular weight is 221 g/mol. The predicted octanol–water partition coefficient (Wildman–Crippen LogP) is 2.36. The Kier molecular flexibility index (Phi) is 3.78. The van der Waals surface area contributed by atoms with Gasteiger partial charge in [-0.3, -0.25) is 4.98 Å². The van der Waals surface area contributed by atoms with E-state index in [1.807, 2.05) is 6.20 Å². The zero-order valence-electron chi connectivity index (χ0n) is 9.72. The van der Waals surface area contributed by atoms with Crippen LogP contribution in [-0.2, 0) is 0 Å². The minimum absolute atomic E-state index is 0.283. The number of hydrogen-bond acceptors (Lipinski definition) is 3. The van der Waals surface area contributed by atoms with Crippen molar-refractivity contribution < 1.29 is 9.84 Å². The van der Waals surface area contributed by atoms with E-state index in [1.165, 1.54) is 5.56 Å². The van der Waals surface area contributed by atoms with Gasteiger partial charge in [-0.25, -0.2) is 0 Å². The molecule has 1 saturated carbocycles. The lowest BCUT2D eigenvalue weighted by Crippen LogP contribution is -1.98. The topological polar surface area (TPSA) is 42.4 Å². The summed E-state index contributed by atoms with van der Waals surface area (Å²) in [5.74, 6) is 1.79. The first-order chi connectivity index (χ1) is 7.85. The molecule has 0 amide bonds. The van der Waals surface area contributed by atoms with Crippen molar-refractivity contribution in [1.82, 2.24) is 4.98 Å². The van der Waals surface area contributed by atoms with Crippen molar-refractivity contribution in [3.63, 3.8) is 0 Å². The van der Waals surface area contributed by atoms with Gasteiger partial charge in [-0.1, -0.05) is 13.3 Å². The summed E-state index contributed by atoms with van der Waals surface area (Å²) in [6, 6.07) is 2.06. The molecule has 2 atom stereocenters. The van der Waals surface area contributed by atoms with Crippen LogP contribution in [0.1, 0.15) is 37.7 Å². The molecule has 88 valence electrons. The molecule has 0 radical (unpaired) electrons. The molecule has 0 unspecified atom stereocenters. The molecule has 3 nitrogen and oxygen atoms in total. The average Bonchev–Trinajstić information content (AvgIpc) is 3.09. The van der Waals surface area contributed by atoms with Crippen LogP contribution in [0, 0.1) is 5.92 Å². The van der Waals surface area contributed by atoms with Crippen LogP contribution >= 0.6 is 0 Å². The number of aliphatic hydroxyl groups excluding tert-OH is 1. The molecule has 1 fully saturated rings. The summed E-state index contributed by atoms with van der Waals surface area (Å²) in [5, 5.41) is 9.03. The Morgan fingerprint density at radius 1 is 1.50 bits per heavy atom. The quantitative estimate of drug-likeness (QED) is 0.750. The van der Waals surface area contributed by atoms with Gasteiger partial charge in [0.2, 0.25) is 0 Å². The summed E-state index contributed by atoms with van der Waals surface area (Å²) < 4.78 is 5.61. The van der Waals surface area contributed by atoms with Crippen LogP contribution in [0.2, 0.25) is 0 Å². The van der Waals surface area contributed by atoms with Gasteiger partial charge in [0.05, 0.1) is 12.8 Å². The van der Waals surface area contributed by atoms with Gasteiger partial charge in [0, 0.05) is 12.8 Å². The molecule has 3 heteroatoms. The molecule has 1 heterocycles. The summed E-state index contributed by atoms with van der Waals surface area (Å²) >= 11 is 0. The van der Waals surface area contributed by atoms with Gasteiger partial charge >= 0.3 is 0 Å². The summed E-state index contributed by atoms with van der Waals surface area (Å²) in [4.78, 5) is 4.19. The highest BCUT2D eigenvalue weighted by atomic mass is 16.5. The summed E-state index contributed by atoms with van der Waals surface area (Å²) in [6.45, 7) is 3.19. The molecular weight excluding hydrogens is 202 g/mol. The maximum absolute atomic E-state index is 9.03. The van der Waals surface area contributed by atoms with Crippen LogP contribution in [0.4, 0.5) is 0 Å². The number of pyridine rings is 1. The van der Waals surface area contributed by atoms with Crippen molar-refractivity contribution in [2.75, 3.05) is 13.2 Å². The summed E-state index contributed by atoms with van der Waals surface area (Å²) in [7, 11) is 0. The standard InChI is InChI=1S/C13H19NO2/c1-2-3-4-16-12-5-10(7-14-8-12)13-6-11(13)9-15/h5,7-8,11,13,15H,2-4,6,9H2,1H3/t11-,13-/m0/s1. The monoisotopic (exact) mass is 221 g/mol. The molecular formula is C13H19NO2. The van der Waals surface area contributed by atoms with Gasteiger partial charge in [0.25, 0.3) is 0 Å². The highest BCUT2D eigenvalue weighted by Crippen LogP contribution is 2.47. The molecule has 1 N–H and O–H groups in total. The van der Waals surface area contributed by atoms with Gasteiger partial charge in [-0.2, -0.15) is 0 Å². The van der Waals surface area contributed by atoms with Gasteiger partial charge in [0.15, 0.2) is 0 Å². The lowest BCUT2D eigenvalue weighted by molar-refractivity contribution is 0.273. The third-order valence-electron chi connectivity index (χ3n) is 3.09. The SMILES string of the molecule is CCCCOc1cncc([C@@H]2C[C@H]2CO)c1. The second kappa shape index (κ2) is 5.30. The van der Waals surface area contributed by atoms with E-state index in [0.29, 0.717) is 11.8 Å². The van der Waals surface area contributed by atoms with E-state index in [2.05, 4.69) is 18.0 Å². The fourth-order valence-corrected chi connectivity index (χ4v) is 1.91. The Bertz CT molecular complexity index is 340. The third-order valence-corrected chi connectivity index (χ3v) is 3.09. The Balaban J connectivity index is 1.92. The molecule has 0 aromatic carbocycles. The molecule has 1 aromatic rings. The van der Waals surface area contributed by atoms with E-state index in [0.717, 1.165) is 31.6 Å². The number of nitrogens with zero attached hydrogens (tertiary/aromatic N) is 1. The summed E-state index contributed by atoms with van der Waals surface area (Å²) in [5.41, 5.74) is 1.20. The largest absolute Gasteiger partial charge is 0.492 e. The molecule has 0 spiro atoms. The number of aliphatic hydroxyl groups is 1. The van der Waals surface area contributed by atoms with E-state index in [1.54, 1.807) is 6.20 Å². The van der Waals surface area contributed by atoms with Crippen molar-refractivity contribution in [2.45, 2.75) is 32.1 Å². The van der Waals surface area contributed by atoms with Gasteiger partial charge in [-0.05, 0) is 36.3 Å². The fraction of sp³-hybridized carbons (Fsp3) is 0.615. The second-order valence-corrected chi connectivity index (χ2v) is 4.44. The van der Waals surface area contributed by atoms with Crippen LogP contribution in [-0.4, -0.2) is 23.3 Å². The molecule has 0 saturated heterocycles. The van der Waals surface area contributed by atoms with E-state index in [4.69, 9.17) is 9.84 Å². The Morgan fingerprint density at radius 2 is 2.38 bits per heavy atom. The van der Waals surface area contributed by atoms with Crippen LogP contribution < -0.4 is 4.74 Å². The Morgan fingerprint density at radius 3 is 3.06 bits per heavy atom. The number of hydrogen-bond donors (Lipinski definition) is 1. The minimum atomic E-state index is 0.283. The van der Waals surface area contributed by atoms with Crippen LogP contribution in [0.25, 0.3) is 0 Å². The zero-order valence-corrected chi connectivity index (χ0v) is 9.72. The van der Waals surface area contributed by atoms with E-state index >= 15 is 0 Å². The van der Waals surface area contributed by atoms with Gasteiger partial charge in [-0.15, -0.1) is 0 Å². The van der Waals surface area contributed by atoms with Gasteiger partial charge < -0.3 is 9.84 Å². The first-order valence-corrected chi connectivity index (χ1v) is 6.03. The summed E-state index contributed by atoms with van der Waals surface area (Å²) in [6.07, 6.45) is 6.94. The second-order valence-electron chi connectivity index (χ2n) is 4.44. The number of aromatic nitrogens is 1. The lowest BCUT2D eigenvalue weighted by atomic mass is 10.1. The van der Waals surface area contributed by atoms with Crippen molar-refractivity contribution in [3.05, 3.63) is 24.0 Å². The van der Waals surface area contributed by atoms with Crippen molar-refractivity contribution in [1.29, 1.82) is 0 Å². The van der Waals surface area contributed by atoms with Crippen molar-refractivity contribution >= 4 is 0 Å². The van der Waals surface area contributed by atoms with Crippen LogP contribution in [0.15, 0.2) is 18.5 Å². The minimum Gasteiger partial charge on any atom is -0.492 e. The van der Waals surface area contributed by atoms with Gasteiger partial charge in [0.1, 0.15) is 5.75 Å². The molecule has 16 heavy (non-hydrogen) atoms.